The van der Waals surface area contributed by atoms with Crippen molar-refractivity contribution in [3.63, 3.8) is 0 Å². The van der Waals surface area contributed by atoms with Gasteiger partial charge in [0.05, 0.1) is 0 Å². The van der Waals surface area contributed by atoms with Crippen LogP contribution in [0.15, 0.2) is 42.5 Å². The van der Waals surface area contributed by atoms with Crippen LogP contribution in [0.2, 0.25) is 0 Å². The third kappa shape index (κ3) is 4.03. The minimum Gasteiger partial charge on any atom is -0.505 e. The molecule has 2 aromatic rings. The maximum absolute atomic E-state index is 13.2. The Morgan fingerprint density at radius 2 is 1.70 bits per heavy atom. The fourth-order valence-corrected chi connectivity index (χ4v) is 2.00. The summed E-state index contributed by atoms with van der Waals surface area (Å²) in [7, 11) is 0. The zero-order chi connectivity index (χ0) is 14.5. The first-order valence-electron chi connectivity index (χ1n) is 6.50. The van der Waals surface area contributed by atoms with Crippen LogP contribution in [0.4, 0.5) is 8.78 Å². The first kappa shape index (κ1) is 14.5. The van der Waals surface area contributed by atoms with Crippen LogP contribution >= 0.6 is 0 Å². The largest absolute Gasteiger partial charge is 0.505 e. The number of aromatic hydroxyl groups is 1. The van der Waals surface area contributed by atoms with Gasteiger partial charge in [0, 0.05) is 12.6 Å². The van der Waals surface area contributed by atoms with Gasteiger partial charge in [0.15, 0.2) is 11.6 Å². The minimum absolute atomic E-state index is 0.178. The molecule has 1 unspecified atom stereocenters. The maximum atomic E-state index is 13.2. The Labute approximate surface area is 117 Å². The van der Waals surface area contributed by atoms with Crippen molar-refractivity contribution in [3.05, 3.63) is 65.2 Å². The van der Waals surface area contributed by atoms with E-state index in [4.69, 9.17) is 5.11 Å². The molecule has 2 rings (SSSR count). The molecule has 2 nitrogen and oxygen atoms in total. The molecule has 0 amide bonds. The number of nitrogens with one attached hydrogen (secondary N) is 1. The number of benzene rings is 2. The van der Waals surface area contributed by atoms with Crippen LogP contribution in [0.5, 0.6) is 5.75 Å². The molecule has 0 saturated heterocycles. The normalized spacial score (nSPS) is 12.3. The second-order valence-corrected chi connectivity index (χ2v) is 4.90. The lowest BCUT2D eigenvalue weighted by Crippen LogP contribution is -2.27. The molecule has 0 radical (unpaired) electrons. The number of rotatable bonds is 5. The molecule has 0 aliphatic rings. The Kier molecular flexibility index (Phi) is 4.69. The van der Waals surface area contributed by atoms with E-state index in [1.165, 1.54) is 24.3 Å². The quantitative estimate of drug-likeness (QED) is 0.878. The van der Waals surface area contributed by atoms with E-state index in [2.05, 4.69) is 5.32 Å². The van der Waals surface area contributed by atoms with E-state index in [9.17, 15) is 8.78 Å². The van der Waals surface area contributed by atoms with Gasteiger partial charge in [-0.15, -0.1) is 0 Å². The number of halogens is 2. The van der Waals surface area contributed by atoms with E-state index in [-0.39, 0.29) is 17.6 Å². The zero-order valence-electron chi connectivity index (χ0n) is 11.2. The number of hydrogen-bond acceptors (Lipinski definition) is 2. The van der Waals surface area contributed by atoms with Crippen LogP contribution in [0.1, 0.15) is 18.1 Å². The van der Waals surface area contributed by atoms with Gasteiger partial charge in [0.25, 0.3) is 0 Å². The fourth-order valence-electron chi connectivity index (χ4n) is 2.00. The minimum atomic E-state index is -0.615. The SMILES string of the molecule is CC(Cc1ccc(F)cc1)NCc1ccc(O)c(F)c1. The molecule has 0 spiro atoms. The second-order valence-electron chi connectivity index (χ2n) is 4.90. The first-order chi connectivity index (χ1) is 9.54. The Morgan fingerprint density at radius 1 is 1.05 bits per heavy atom. The lowest BCUT2D eigenvalue weighted by atomic mass is 10.1. The molecule has 106 valence electrons. The highest BCUT2D eigenvalue weighted by Gasteiger charge is 2.05. The molecule has 2 aromatic carbocycles. The highest BCUT2D eigenvalue weighted by Crippen LogP contribution is 2.16. The van der Waals surface area contributed by atoms with Gasteiger partial charge in [-0.1, -0.05) is 18.2 Å². The summed E-state index contributed by atoms with van der Waals surface area (Å²) in [5.74, 6) is -1.20. The average Bonchev–Trinajstić information content (AvgIpc) is 2.43. The Bertz CT molecular complexity index is 569. The lowest BCUT2D eigenvalue weighted by molar-refractivity contribution is 0.431. The number of hydrogen-bond donors (Lipinski definition) is 2. The van der Waals surface area contributed by atoms with Crippen LogP contribution in [-0.2, 0) is 13.0 Å². The van der Waals surface area contributed by atoms with Crippen molar-refractivity contribution in [2.45, 2.75) is 25.9 Å². The van der Waals surface area contributed by atoms with Gasteiger partial charge in [-0.2, -0.15) is 0 Å². The van der Waals surface area contributed by atoms with E-state index < -0.39 is 5.82 Å². The fraction of sp³-hybridized carbons (Fsp3) is 0.250. The van der Waals surface area contributed by atoms with Crippen LogP contribution in [0, 0.1) is 11.6 Å². The Morgan fingerprint density at radius 3 is 2.35 bits per heavy atom. The molecular formula is C16H17F2NO. The summed E-state index contributed by atoms with van der Waals surface area (Å²) < 4.78 is 26.0. The summed E-state index contributed by atoms with van der Waals surface area (Å²) >= 11 is 0. The van der Waals surface area contributed by atoms with E-state index in [0.717, 1.165) is 17.5 Å². The molecule has 0 heterocycles. The molecule has 0 aliphatic heterocycles. The van der Waals surface area contributed by atoms with Crippen molar-refractivity contribution in [2.24, 2.45) is 0 Å². The molecule has 4 heteroatoms. The highest BCUT2D eigenvalue weighted by molar-refractivity contribution is 5.28. The van der Waals surface area contributed by atoms with Gasteiger partial charge in [-0.05, 0) is 48.7 Å². The predicted molar refractivity (Wildman–Crippen MR) is 74.5 cm³/mol. The van der Waals surface area contributed by atoms with E-state index >= 15 is 0 Å². The van der Waals surface area contributed by atoms with E-state index in [1.807, 2.05) is 6.92 Å². The zero-order valence-corrected chi connectivity index (χ0v) is 11.2. The van der Waals surface area contributed by atoms with E-state index in [1.54, 1.807) is 18.2 Å². The van der Waals surface area contributed by atoms with Crippen molar-refractivity contribution in [3.8, 4) is 5.75 Å². The summed E-state index contributed by atoms with van der Waals surface area (Å²) in [6.07, 6.45) is 0.765. The maximum Gasteiger partial charge on any atom is 0.165 e. The highest BCUT2D eigenvalue weighted by atomic mass is 19.1. The van der Waals surface area contributed by atoms with Gasteiger partial charge in [-0.3, -0.25) is 0 Å². The standard InChI is InChI=1S/C16H17F2NO/c1-11(8-12-2-5-14(17)6-3-12)19-10-13-4-7-16(20)15(18)9-13/h2-7,9,11,19-20H,8,10H2,1H3. The Balaban J connectivity index is 1.86. The smallest absolute Gasteiger partial charge is 0.165 e. The van der Waals surface area contributed by atoms with Crippen LogP contribution in [0.25, 0.3) is 0 Å². The van der Waals surface area contributed by atoms with Crippen molar-refractivity contribution in [2.75, 3.05) is 0 Å². The van der Waals surface area contributed by atoms with Gasteiger partial charge < -0.3 is 10.4 Å². The molecule has 20 heavy (non-hydrogen) atoms. The molecule has 1 atom stereocenters. The predicted octanol–water partition coefficient (Wildman–Crippen LogP) is 3.39. The topological polar surface area (TPSA) is 32.3 Å². The molecule has 0 bridgehead atoms. The summed E-state index contributed by atoms with van der Waals surface area (Å²) in [6.45, 7) is 2.53. The van der Waals surface area contributed by atoms with Crippen molar-refractivity contribution >= 4 is 0 Å². The molecule has 0 saturated carbocycles. The lowest BCUT2D eigenvalue weighted by Gasteiger charge is -2.14. The van der Waals surface area contributed by atoms with Crippen LogP contribution < -0.4 is 5.32 Å². The third-order valence-electron chi connectivity index (χ3n) is 3.12. The van der Waals surface area contributed by atoms with E-state index in [0.29, 0.717) is 6.54 Å². The van der Waals surface area contributed by atoms with Gasteiger partial charge >= 0.3 is 0 Å². The van der Waals surface area contributed by atoms with Crippen LogP contribution in [0.3, 0.4) is 0 Å². The molecule has 0 aliphatic carbocycles. The summed E-state index contributed by atoms with van der Waals surface area (Å²) in [5.41, 5.74) is 1.81. The second kappa shape index (κ2) is 6.48. The van der Waals surface area contributed by atoms with Crippen molar-refractivity contribution in [1.82, 2.24) is 5.32 Å². The van der Waals surface area contributed by atoms with Gasteiger partial charge in [0.1, 0.15) is 5.82 Å². The van der Waals surface area contributed by atoms with Crippen molar-refractivity contribution in [1.29, 1.82) is 0 Å². The summed E-state index contributed by atoms with van der Waals surface area (Å²) in [4.78, 5) is 0. The van der Waals surface area contributed by atoms with Crippen molar-refractivity contribution < 1.29 is 13.9 Å². The first-order valence-corrected chi connectivity index (χ1v) is 6.50. The number of phenolic OH excluding ortho intramolecular Hbond substituents is 1. The summed E-state index contributed by atoms with van der Waals surface area (Å²) in [6, 6.07) is 10.9. The molecule has 0 fully saturated rings. The molecular weight excluding hydrogens is 260 g/mol. The summed E-state index contributed by atoms with van der Waals surface area (Å²) in [5, 5.41) is 12.4. The Hall–Kier alpha value is -1.94. The number of phenols is 1. The third-order valence-corrected chi connectivity index (χ3v) is 3.12. The monoisotopic (exact) mass is 277 g/mol. The average molecular weight is 277 g/mol. The van der Waals surface area contributed by atoms with Gasteiger partial charge in [-0.25, -0.2) is 8.78 Å². The van der Waals surface area contributed by atoms with Crippen LogP contribution in [-0.4, -0.2) is 11.1 Å². The molecule has 2 N–H and O–H groups in total. The van der Waals surface area contributed by atoms with Gasteiger partial charge in [0.2, 0.25) is 0 Å². The molecule has 0 aromatic heterocycles.